The molecule has 0 aliphatic heterocycles. The van der Waals surface area contributed by atoms with E-state index in [0.717, 1.165) is 11.1 Å². The van der Waals surface area contributed by atoms with E-state index in [1.807, 2.05) is 54.6 Å². The normalized spacial score (nSPS) is 11.4. The number of nitrogens with one attached hydrogen (secondary N) is 3. The van der Waals surface area contributed by atoms with Crippen LogP contribution in [-0.2, 0) is 17.8 Å². The SMILES string of the molecule is O=C(NC(Cc1ccccc1)C(=O)NCc1cccnc1)c1csc(Nc2ccccc2Cl)n1. The summed E-state index contributed by atoms with van der Waals surface area (Å²) in [6.07, 6.45) is 3.71. The fraction of sp³-hybridized carbons (Fsp3) is 0.120. The Labute approximate surface area is 206 Å². The molecule has 2 heterocycles. The Bertz CT molecular complexity index is 1250. The maximum atomic E-state index is 13.0. The molecule has 3 N–H and O–H groups in total. The summed E-state index contributed by atoms with van der Waals surface area (Å²) in [5.74, 6) is -0.716. The Kier molecular flexibility index (Phi) is 7.85. The maximum absolute atomic E-state index is 13.0. The number of nitrogens with zero attached hydrogens (tertiary/aromatic N) is 2. The average molecular weight is 492 g/mol. The highest BCUT2D eigenvalue weighted by Crippen LogP contribution is 2.26. The lowest BCUT2D eigenvalue weighted by molar-refractivity contribution is -0.123. The van der Waals surface area contributed by atoms with Gasteiger partial charge in [-0.25, -0.2) is 4.98 Å². The van der Waals surface area contributed by atoms with Gasteiger partial charge in [0.2, 0.25) is 5.91 Å². The first-order valence-electron chi connectivity index (χ1n) is 10.6. The van der Waals surface area contributed by atoms with Gasteiger partial charge in [-0.15, -0.1) is 11.3 Å². The van der Waals surface area contributed by atoms with Crippen LogP contribution in [0.3, 0.4) is 0 Å². The summed E-state index contributed by atoms with van der Waals surface area (Å²) in [6.45, 7) is 0.316. The number of aromatic nitrogens is 2. The van der Waals surface area contributed by atoms with Gasteiger partial charge in [0.1, 0.15) is 11.7 Å². The summed E-state index contributed by atoms with van der Waals surface area (Å²) in [7, 11) is 0. The predicted molar refractivity (Wildman–Crippen MR) is 134 cm³/mol. The first-order valence-corrected chi connectivity index (χ1v) is 11.8. The number of halogens is 1. The molecule has 4 aromatic rings. The highest BCUT2D eigenvalue weighted by atomic mass is 35.5. The molecule has 2 aromatic carbocycles. The van der Waals surface area contributed by atoms with E-state index in [-0.39, 0.29) is 11.6 Å². The van der Waals surface area contributed by atoms with Gasteiger partial charge < -0.3 is 16.0 Å². The smallest absolute Gasteiger partial charge is 0.271 e. The molecule has 0 spiro atoms. The van der Waals surface area contributed by atoms with E-state index in [1.54, 1.807) is 29.9 Å². The van der Waals surface area contributed by atoms with Gasteiger partial charge in [-0.2, -0.15) is 0 Å². The second-order valence-electron chi connectivity index (χ2n) is 7.44. The fourth-order valence-electron chi connectivity index (χ4n) is 3.22. The lowest BCUT2D eigenvalue weighted by Gasteiger charge is -2.18. The van der Waals surface area contributed by atoms with Crippen molar-refractivity contribution in [2.75, 3.05) is 5.32 Å². The zero-order valence-corrected chi connectivity index (χ0v) is 19.6. The van der Waals surface area contributed by atoms with Crippen molar-refractivity contribution in [3.63, 3.8) is 0 Å². The molecule has 0 saturated heterocycles. The maximum Gasteiger partial charge on any atom is 0.271 e. The molecule has 0 radical (unpaired) electrons. The molecule has 0 bridgehead atoms. The summed E-state index contributed by atoms with van der Waals surface area (Å²) in [5.41, 5.74) is 2.72. The van der Waals surface area contributed by atoms with Gasteiger partial charge >= 0.3 is 0 Å². The third-order valence-electron chi connectivity index (χ3n) is 4.95. The van der Waals surface area contributed by atoms with Crippen molar-refractivity contribution in [1.82, 2.24) is 20.6 Å². The minimum Gasteiger partial charge on any atom is -0.350 e. The third-order valence-corrected chi connectivity index (χ3v) is 6.03. The number of hydrogen-bond donors (Lipinski definition) is 3. The topological polar surface area (TPSA) is 96.0 Å². The van der Waals surface area contributed by atoms with Crippen LogP contribution in [0.2, 0.25) is 5.02 Å². The van der Waals surface area contributed by atoms with Crippen LogP contribution in [0.15, 0.2) is 84.5 Å². The quantitative estimate of drug-likeness (QED) is 0.318. The highest BCUT2D eigenvalue weighted by molar-refractivity contribution is 7.14. The van der Waals surface area contributed by atoms with E-state index in [1.165, 1.54) is 11.3 Å². The van der Waals surface area contributed by atoms with Gasteiger partial charge in [-0.05, 0) is 29.3 Å². The molecule has 0 saturated carbocycles. The van der Waals surface area contributed by atoms with Crippen LogP contribution in [0.5, 0.6) is 0 Å². The largest absolute Gasteiger partial charge is 0.350 e. The van der Waals surface area contributed by atoms with Crippen molar-refractivity contribution in [2.24, 2.45) is 0 Å². The van der Waals surface area contributed by atoms with Crippen LogP contribution in [-0.4, -0.2) is 27.8 Å². The lowest BCUT2D eigenvalue weighted by Crippen LogP contribution is -2.47. The van der Waals surface area contributed by atoms with Crippen molar-refractivity contribution in [1.29, 1.82) is 0 Å². The van der Waals surface area contributed by atoms with Crippen LogP contribution in [0, 0.1) is 0 Å². The summed E-state index contributed by atoms with van der Waals surface area (Å²) >= 11 is 7.46. The molecule has 0 aliphatic rings. The summed E-state index contributed by atoms with van der Waals surface area (Å²) < 4.78 is 0. The number of pyridine rings is 1. The molecular weight excluding hydrogens is 470 g/mol. The zero-order valence-electron chi connectivity index (χ0n) is 18.1. The van der Waals surface area contributed by atoms with E-state index in [2.05, 4.69) is 25.9 Å². The minimum absolute atomic E-state index is 0.220. The summed E-state index contributed by atoms with van der Waals surface area (Å²) in [6, 6.07) is 19.7. The second kappa shape index (κ2) is 11.4. The molecule has 34 heavy (non-hydrogen) atoms. The Morgan fingerprint density at radius 2 is 1.74 bits per heavy atom. The number of anilines is 2. The highest BCUT2D eigenvalue weighted by Gasteiger charge is 2.23. The molecule has 4 rings (SSSR count). The van der Waals surface area contributed by atoms with E-state index >= 15 is 0 Å². The van der Waals surface area contributed by atoms with Crippen molar-refractivity contribution in [3.8, 4) is 0 Å². The van der Waals surface area contributed by atoms with E-state index in [9.17, 15) is 9.59 Å². The van der Waals surface area contributed by atoms with Gasteiger partial charge in [0.05, 0.1) is 10.7 Å². The van der Waals surface area contributed by atoms with E-state index < -0.39 is 11.9 Å². The van der Waals surface area contributed by atoms with Crippen molar-refractivity contribution >= 4 is 45.6 Å². The minimum atomic E-state index is -0.770. The van der Waals surface area contributed by atoms with Gasteiger partial charge in [0.15, 0.2) is 5.13 Å². The first kappa shape index (κ1) is 23.4. The Morgan fingerprint density at radius 3 is 2.50 bits per heavy atom. The van der Waals surface area contributed by atoms with Crippen molar-refractivity contribution in [3.05, 3.63) is 106 Å². The predicted octanol–water partition coefficient (Wildman–Crippen LogP) is 4.59. The molecule has 0 fully saturated rings. The molecule has 172 valence electrons. The molecule has 1 atom stereocenters. The third kappa shape index (κ3) is 6.40. The number of carbonyl (C=O) groups excluding carboxylic acids is 2. The summed E-state index contributed by atoms with van der Waals surface area (Å²) in [5, 5.41) is 11.5. The molecule has 1 unspecified atom stereocenters. The number of hydrogen-bond acceptors (Lipinski definition) is 6. The molecule has 9 heteroatoms. The van der Waals surface area contributed by atoms with Gasteiger partial charge in [-0.3, -0.25) is 14.6 Å². The van der Waals surface area contributed by atoms with Crippen LogP contribution in [0.4, 0.5) is 10.8 Å². The first-order chi connectivity index (χ1) is 16.6. The van der Waals surface area contributed by atoms with Crippen LogP contribution < -0.4 is 16.0 Å². The van der Waals surface area contributed by atoms with Crippen LogP contribution in [0.1, 0.15) is 21.6 Å². The molecule has 7 nitrogen and oxygen atoms in total. The second-order valence-corrected chi connectivity index (χ2v) is 8.70. The number of rotatable bonds is 9. The lowest BCUT2D eigenvalue weighted by atomic mass is 10.0. The zero-order chi connectivity index (χ0) is 23.8. The Balaban J connectivity index is 1.44. The molecule has 2 amide bonds. The van der Waals surface area contributed by atoms with Crippen molar-refractivity contribution < 1.29 is 9.59 Å². The van der Waals surface area contributed by atoms with E-state index in [4.69, 9.17) is 11.6 Å². The molecular formula is C25H22ClN5O2S. The van der Waals surface area contributed by atoms with Crippen molar-refractivity contribution in [2.45, 2.75) is 19.0 Å². The number of carbonyl (C=O) groups is 2. The number of amides is 2. The Morgan fingerprint density at radius 1 is 0.971 bits per heavy atom. The molecule has 0 aliphatic carbocycles. The summed E-state index contributed by atoms with van der Waals surface area (Å²) in [4.78, 5) is 34.3. The van der Waals surface area contributed by atoms with Crippen LogP contribution >= 0.6 is 22.9 Å². The van der Waals surface area contributed by atoms with E-state index in [0.29, 0.717) is 28.8 Å². The van der Waals surface area contributed by atoms with Gasteiger partial charge in [0.25, 0.3) is 5.91 Å². The number of benzene rings is 2. The van der Waals surface area contributed by atoms with Gasteiger partial charge in [-0.1, -0.05) is 60.1 Å². The van der Waals surface area contributed by atoms with Crippen LogP contribution in [0.25, 0.3) is 0 Å². The number of thiazole rings is 1. The average Bonchev–Trinajstić information content (AvgIpc) is 3.33. The molecule has 2 aromatic heterocycles. The number of para-hydroxylation sites is 1. The monoisotopic (exact) mass is 491 g/mol. The van der Waals surface area contributed by atoms with Gasteiger partial charge in [0, 0.05) is 30.7 Å². The Hall–Kier alpha value is -3.75. The fourth-order valence-corrected chi connectivity index (χ4v) is 4.11. The standard InChI is InChI=1S/C25H22ClN5O2S/c26-19-10-4-5-11-20(19)30-25-31-22(16-34-25)24(33)29-21(13-17-7-2-1-3-8-17)23(32)28-15-18-9-6-12-27-14-18/h1-12,14,16,21H,13,15H2,(H,28,32)(H,29,33)(H,30,31).